The van der Waals surface area contributed by atoms with Crippen molar-refractivity contribution >= 4 is 17.6 Å². The molecule has 6 heteroatoms. The maximum atomic E-state index is 12.7. The number of hydrogen-bond acceptors (Lipinski definition) is 5. The highest BCUT2D eigenvalue weighted by atomic mass is 16.5. The van der Waals surface area contributed by atoms with Gasteiger partial charge in [0, 0.05) is 29.5 Å². The molecule has 0 aliphatic heterocycles. The molecule has 0 unspecified atom stereocenters. The zero-order valence-electron chi connectivity index (χ0n) is 18.6. The van der Waals surface area contributed by atoms with Crippen molar-refractivity contribution in [2.24, 2.45) is 0 Å². The van der Waals surface area contributed by atoms with E-state index in [0.717, 1.165) is 11.1 Å². The van der Waals surface area contributed by atoms with Crippen LogP contribution in [-0.2, 0) is 4.79 Å². The molecule has 34 heavy (non-hydrogen) atoms. The highest BCUT2D eigenvalue weighted by Crippen LogP contribution is 2.41. The Kier molecular flexibility index (Phi) is 6.85. The number of ether oxygens (including phenoxy) is 1. The summed E-state index contributed by atoms with van der Waals surface area (Å²) in [5, 5.41) is 12.6. The van der Waals surface area contributed by atoms with Crippen LogP contribution in [0.25, 0.3) is 22.5 Å². The molecule has 4 rings (SSSR count). The van der Waals surface area contributed by atoms with Crippen molar-refractivity contribution in [2.45, 2.75) is 12.8 Å². The Bertz CT molecular complexity index is 1340. The Morgan fingerprint density at radius 3 is 2.09 bits per heavy atom. The lowest BCUT2D eigenvalue weighted by Crippen LogP contribution is -2.13. The van der Waals surface area contributed by atoms with E-state index >= 15 is 0 Å². The van der Waals surface area contributed by atoms with E-state index in [1.807, 2.05) is 60.7 Å². The number of nitriles is 1. The third-order valence-corrected chi connectivity index (χ3v) is 5.36. The zero-order valence-corrected chi connectivity index (χ0v) is 18.6. The molecule has 0 saturated carbocycles. The smallest absolute Gasteiger partial charge is 0.227 e. The van der Waals surface area contributed by atoms with Crippen LogP contribution < -0.4 is 10.1 Å². The number of nitrogens with zero attached hydrogens (tertiary/aromatic N) is 1. The quantitative estimate of drug-likeness (QED) is 0.328. The van der Waals surface area contributed by atoms with Crippen molar-refractivity contribution in [1.29, 1.82) is 5.26 Å². The standard InChI is InChI=1S/C28H22N2O4/c1-33-22-14-12-19(13-15-22)24(31)16-17-25(32)30-28-23(18-29)26(20-8-4-2-5-9-20)27(34-28)21-10-6-3-7-11-21/h2-15H,16-17H2,1H3,(H,30,32). The summed E-state index contributed by atoms with van der Waals surface area (Å²) in [4.78, 5) is 25.1. The molecular formula is C28H22N2O4. The van der Waals surface area contributed by atoms with Gasteiger partial charge in [0.1, 0.15) is 23.1 Å². The predicted molar refractivity (Wildman–Crippen MR) is 129 cm³/mol. The van der Waals surface area contributed by atoms with E-state index in [4.69, 9.17) is 9.15 Å². The highest BCUT2D eigenvalue weighted by Gasteiger charge is 2.24. The molecule has 3 aromatic carbocycles. The number of nitrogens with one attached hydrogen (secondary N) is 1. The second-order valence-electron chi connectivity index (χ2n) is 7.55. The maximum Gasteiger partial charge on any atom is 0.227 e. The van der Waals surface area contributed by atoms with Crippen LogP contribution in [0.15, 0.2) is 89.3 Å². The molecule has 4 aromatic rings. The molecule has 0 aliphatic rings. The number of hydrogen-bond donors (Lipinski definition) is 1. The van der Waals surface area contributed by atoms with Gasteiger partial charge in [0.25, 0.3) is 0 Å². The van der Waals surface area contributed by atoms with Gasteiger partial charge in [0.2, 0.25) is 11.8 Å². The number of rotatable bonds is 8. The minimum atomic E-state index is -0.411. The van der Waals surface area contributed by atoms with Gasteiger partial charge >= 0.3 is 0 Å². The van der Waals surface area contributed by atoms with E-state index in [2.05, 4.69) is 11.4 Å². The fourth-order valence-corrected chi connectivity index (χ4v) is 3.64. The Hall–Kier alpha value is -4.63. The van der Waals surface area contributed by atoms with Crippen LogP contribution in [0.1, 0.15) is 28.8 Å². The van der Waals surface area contributed by atoms with Gasteiger partial charge in [-0.25, -0.2) is 0 Å². The molecule has 0 atom stereocenters. The van der Waals surface area contributed by atoms with Gasteiger partial charge < -0.3 is 9.15 Å². The van der Waals surface area contributed by atoms with E-state index in [-0.39, 0.29) is 30.1 Å². The molecule has 0 fully saturated rings. The highest BCUT2D eigenvalue weighted by molar-refractivity contribution is 6.01. The number of furan rings is 1. The largest absolute Gasteiger partial charge is 0.497 e. The molecule has 0 aliphatic carbocycles. The SMILES string of the molecule is COc1ccc(C(=O)CCC(=O)Nc2oc(-c3ccccc3)c(-c3ccccc3)c2C#N)cc1. The molecule has 0 bridgehead atoms. The summed E-state index contributed by atoms with van der Waals surface area (Å²) in [6.07, 6.45) is -0.0182. The van der Waals surface area contributed by atoms with E-state index < -0.39 is 5.91 Å². The van der Waals surface area contributed by atoms with Crippen molar-refractivity contribution in [2.75, 3.05) is 12.4 Å². The molecule has 168 valence electrons. The lowest BCUT2D eigenvalue weighted by molar-refractivity contribution is -0.116. The maximum absolute atomic E-state index is 12.7. The normalized spacial score (nSPS) is 10.4. The van der Waals surface area contributed by atoms with Crippen molar-refractivity contribution in [3.05, 3.63) is 96.1 Å². The van der Waals surface area contributed by atoms with Crippen LogP contribution in [0.5, 0.6) is 5.75 Å². The third kappa shape index (κ3) is 4.89. The monoisotopic (exact) mass is 450 g/mol. The number of ketones is 1. The molecule has 0 radical (unpaired) electrons. The van der Waals surface area contributed by atoms with Gasteiger partial charge in [-0.05, 0) is 29.8 Å². The van der Waals surface area contributed by atoms with Crippen molar-refractivity contribution in [3.8, 4) is 34.3 Å². The van der Waals surface area contributed by atoms with E-state index in [9.17, 15) is 14.9 Å². The third-order valence-electron chi connectivity index (χ3n) is 5.36. The summed E-state index contributed by atoms with van der Waals surface area (Å²) < 4.78 is 11.1. The van der Waals surface area contributed by atoms with Crippen LogP contribution in [0.2, 0.25) is 0 Å². The molecule has 1 N–H and O–H groups in total. The molecule has 1 heterocycles. The summed E-state index contributed by atoms with van der Waals surface area (Å²) in [6.45, 7) is 0. The molecule has 1 aromatic heterocycles. The first kappa shape index (κ1) is 22.6. The Morgan fingerprint density at radius 2 is 1.50 bits per heavy atom. The van der Waals surface area contributed by atoms with Crippen LogP contribution in [0.3, 0.4) is 0 Å². The van der Waals surface area contributed by atoms with Gasteiger partial charge in [0.05, 0.1) is 7.11 Å². The molecule has 1 amide bonds. The summed E-state index contributed by atoms with van der Waals surface area (Å²) in [5.41, 5.74) is 2.94. The van der Waals surface area contributed by atoms with Gasteiger partial charge in [-0.15, -0.1) is 0 Å². The Balaban J connectivity index is 1.57. The predicted octanol–water partition coefficient (Wildman–Crippen LogP) is 6.10. The first-order valence-electron chi connectivity index (χ1n) is 10.8. The molecular weight excluding hydrogens is 428 g/mol. The van der Waals surface area contributed by atoms with Crippen LogP contribution in [0.4, 0.5) is 5.88 Å². The fraction of sp³-hybridized carbons (Fsp3) is 0.107. The van der Waals surface area contributed by atoms with Crippen molar-refractivity contribution < 1.29 is 18.7 Å². The molecule has 0 spiro atoms. The first-order chi connectivity index (χ1) is 16.6. The second kappa shape index (κ2) is 10.3. The lowest BCUT2D eigenvalue weighted by Gasteiger charge is -2.04. The Morgan fingerprint density at radius 1 is 0.882 bits per heavy atom. The summed E-state index contributed by atoms with van der Waals surface area (Å²) in [7, 11) is 1.55. The van der Waals surface area contributed by atoms with E-state index in [0.29, 0.717) is 22.6 Å². The summed E-state index contributed by atoms with van der Waals surface area (Å²) in [6, 6.07) is 27.7. The lowest BCUT2D eigenvalue weighted by atomic mass is 9.98. The van der Waals surface area contributed by atoms with Crippen molar-refractivity contribution in [3.63, 3.8) is 0 Å². The zero-order chi connectivity index (χ0) is 23.9. The number of benzene rings is 3. The number of methoxy groups -OCH3 is 1. The van der Waals surface area contributed by atoms with Gasteiger partial charge in [0.15, 0.2) is 5.78 Å². The number of carbonyl (C=O) groups excluding carboxylic acids is 2. The van der Waals surface area contributed by atoms with Crippen LogP contribution >= 0.6 is 0 Å². The van der Waals surface area contributed by atoms with Gasteiger partial charge in [-0.2, -0.15) is 5.26 Å². The minimum Gasteiger partial charge on any atom is -0.497 e. The average Bonchev–Trinajstić information content (AvgIpc) is 3.26. The topological polar surface area (TPSA) is 92.3 Å². The number of carbonyl (C=O) groups is 2. The van der Waals surface area contributed by atoms with Crippen LogP contribution in [0, 0.1) is 11.3 Å². The van der Waals surface area contributed by atoms with Crippen molar-refractivity contribution in [1.82, 2.24) is 0 Å². The summed E-state index contributed by atoms with van der Waals surface area (Å²) in [5.74, 6) is 0.647. The average molecular weight is 450 g/mol. The number of anilines is 1. The summed E-state index contributed by atoms with van der Waals surface area (Å²) >= 11 is 0. The van der Waals surface area contributed by atoms with Gasteiger partial charge in [-0.3, -0.25) is 14.9 Å². The van der Waals surface area contributed by atoms with Crippen LogP contribution in [-0.4, -0.2) is 18.8 Å². The van der Waals surface area contributed by atoms with E-state index in [1.54, 1.807) is 31.4 Å². The Labute approximate surface area is 197 Å². The molecule has 6 nitrogen and oxygen atoms in total. The van der Waals surface area contributed by atoms with Gasteiger partial charge in [-0.1, -0.05) is 60.7 Å². The van der Waals surface area contributed by atoms with E-state index in [1.165, 1.54) is 0 Å². The minimum absolute atomic E-state index is 0.0256. The fourth-order valence-electron chi connectivity index (χ4n) is 3.64. The number of Topliss-reactive ketones (excluding diaryl/α,β-unsaturated/α-hetero) is 1. The number of amides is 1. The molecule has 0 saturated heterocycles. The first-order valence-corrected chi connectivity index (χ1v) is 10.8. The second-order valence-corrected chi connectivity index (χ2v) is 7.55.